The Hall–Kier alpha value is -4.93. The van der Waals surface area contributed by atoms with Gasteiger partial charge in [-0.2, -0.15) is 0 Å². The van der Waals surface area contributed by atoms with Crippen LogP contribution in [0.4, 0.5) is 23.1 Å². The number of rotatable bonds is 11. The van der Waals surface area contributed by atoms with Crippen LogP contribution < -0.4 is 25.4 Å². The van der Waals surface area contributed by atoms with Gasteiger partial charge < -0.3 is 40.0 Å². The van der Waals surface area contributed by atoms with Crippen molar-refractivity contribution in [3.05, 3.63) is 64.8 Å². The minimum atomic E-state index is -4.58. The van der Waals surface area contributed by atoms with Crippen molar-refractivity contribution in [2.45, 2.75) is 139 Å². The van der Waals surface area contributed by atoms with Gasteiger partial charge in [-0.3, -0.25) is 14.2 Å². The van der Waals surface area contributed by atoms with Crippen LogP contribution in [0.1, 0.15) is 103 Å². The van der Waals surface area contributed by atoms with E-state index in [2.05, 4.69) is 25.9 Å². The average molecular weight is 941 g/mol. The van der Waals surface area contributed by atoms with Crippen molar-refractivity contribution in [1.29, 1.82) is 0 Å². The molecule has 4 heterocycles. The fourth-order valence-corrected chi connectivity index (χ4v) is 12.9. The zero-order chi connectivity index (χ0) is 46.0. The smallest absolute Gasteiger partial charge is 0.408 e. The lowest BCUT2D eigenvalue weighted by Gasteiger charge is -2.31. The van der Waals surface area contributed by atoms with Crippen molar-refractivity contribution >= 4 is 52.6 Å². The van der Waals surface area contributed by atoms with Crippen LogP contribution in [-0.4, -0.2) is 86.9 Å². The highest BCUT2D eigenvalue weighted by atomic mass is 32.1. The maximum absolute atomic E-state index is 16.0. The highest BCUT2D eigenvalue weighted by Gasteiger charge is 2.66. The second kappa shape index (κ2) is 19.5. The lowest BCUT2D eigenvalue weighted by Crippen LogP contribution is -2.55. The summed E-state index contributed by atoms with van der Waals surface area (Å²) in [7, 11) is -3.24. The molecule has 1 unspecified atom stereocenters. The first-order valence-corrected chi connectivity index (χ1v) is 25.3. The Kier molecular flexibility index (Phi) is 14.0. The number of nitrogens with one attached hydrogen (secondary N) is 3. The Balaban J connectivity index is 1.14. The number of thiazole rings is 1. The number of halogens is 3. The summed E-state index contributed by atoms with van der Waals surface area (Å²) in [6, 6.07) is 5.63. The van der Waals surface area contributed by atoms with Crippen molar-refractivity contribution in [2.75, 3.05) is 19.0 Å². The number of carbonyl (C=O) groups is 3. The number of anilines is 1. The monoisotopic (exact) mass is 940 g/mol. The number of ether oxygens (including phenoxy) is 3. The summed E-state index contributed by atoms with van der Waals surface area (Å²) in [6.07, 6.45) is 4.91. The number of benzene rings is 2. The first-order valence-electron chi connectivity index (χ1n) is 22.6. The molecule has 4 aromatic rings. The SMILES string of the molecule is COc1ccc2c(O[C@@H]3C[C@H]4C(=O)N[C@]5(P(=O)(O)Cc6c(F)cccc6F)C[C@H]5CCCCCCC[C@H](NC(=O)OC5CCCC5)C(=O)N4C3)cc(-c3csc(NC(C)C)n3)nc2c1F. The van der Waals surface area contributed by atoms with Crippen LogP contribution in [0.25, 0.3) is 22.3 Å². The topological polar surface area (TPSA) is 181 Å². The van der Waals surface area contributed by atoms with Gasteiger partial charge in [-0.05, 0) is 89.0 Å². The van der Waals surface area contributed by atoms with Crippen molar-refractivity contribution in [3.8, 4) is 22.9 Å². The fraction of sp³-hybridized carbons (Fsp3) is 0.543. The van der Waals surface area contributed by atoms with E-state index in [-0.39, 0.29) is 55.0 Å². The second-order valence-corrected chi connectivity index (χ2v) is 21.4. The summed E-state index contributed by atoms with van der Waals surface area (Å²) in [5.74, 6) is -4.30. The maximum Gasteiger partial charge on any atom is 0.408 e. The third-order valence-electron chi connectivity index (χ3n) is 13.1. The van der Waals surface area contributed by atoms with Crippen molar-refractivity contribution in [1.82, 2.24) is 25.5 Å². The number of aromatic nitrogens is 2. The van der Waals surface area contributed by atoms with Gasteiger partial charge in [0.1, 0.15) is 58.2 Å². The van der Waals surface area contributed by atoms with Gasteiger partial charge in [0.25, 0.3) is 0 Å². The molecule has 2 aromatic heterocycles. The molecule has 19 heteroatoms. The van der Waals surface area contributed by atoms with Gasteiger partial charge in [0.05, 0.1) is 25.5 Å². The summed E-state index contributed by atoms with van der Waals surface area (Å²) in [4.78, 5) is 65.4. The first kappa shape index (κ1) is 46.6. The van der Waals surface area contributed by atoms with Crippen LogP contribution in [0.5, 0.6) is 11.5 Å². The van der Waals surface area contributed by atoms with Crippen molar-refractivity contribution in [3.63, 3.8) is 0 Å². The van der Waals surface area contributed by atoms with Gasteiger partial charge in [-0.1, -0.05) is 38.2 Å². The number of nitrogens with zero attached hydrogens (tertiary/aromatic N) is 3. The number of methoxy groups -OCH3 is 1. The van der Waals surface area contributed by atoms with Gasteiger partial charge in [-0.15, -0.1) is 11.3 Å². The average Bonchev–Trinajstić information content (AvgIpc) is 3.68. The normalized spacial score (nSPS) is 25.2. The van der Waals surface area contributed by atoms with Gasteiger partial charge in [-0.25, -0.2) is 27.9 Å². The van der Waals surface area contributed by atoms with E-state index in [1.165, 1.54) is 35.5 Å². The molecule has 0 radical (unpaired) electrons. The molecule has 65 heavy (non-hydrogen) atoms. The van der Waals surface area contributed by atoms with E-state index in [0.29, 0.717) is 41.2 Å². The Bertz CT molecular complexity index is 2450. The number of fused-ring (bicyclic) bond motifs is 3. The molecule has 0 spiro atoms. The Labute approximate surface area is 379 Å². The van der Waals surface area contributed by atoms with Crippen LogP contribution in [0.3, 0.4) is 0 Å². The van der Waals surface area contributed by atoms with Crippen molar-refractivity contribution in [2.24, 2.45) is 5.92 Å². The van der Waals surface area contributed by atoms with Gasteiger partial charge in [0.15, 0.2) is 16.7 Å². The Morgan fingerprint density at radius 2 is 1.68 bits per heavy atom. The van der Waals surface area contributed by atoms with Crippen LogP contribution in [0.15, 0.2) is 41.8 Å². The summed E-state index contributed by atoms with van der Waals surface area (Å²) >= 11 is 1.35. The lowest BCUT2D eigenvalue weighted by atomic mass is 10.0. The molecule has 0 bridgehead atoms. The molecule has 4 aliphatic rings. The molecular formula is C46H56F3N6O8PS. The number of amides is 3. The molecule has 4 fully saturated rings. The molecule has 2 saturated carbocycles. The number of hydrogen-bond acceptors (Lipinski definition) is 11. The maximum atomic E-state index is 16.0. The van der Waals surface area contributed by atoms with E-state index in [4.69, 9.17) is 14.2 Å². The highest BCUT2D eigenvalue weighted by Crippen LogP contribution is 2.71. The van der Waals surface area contributed by atoms with Crippen LogP contribution in [-0.2, 0) is 25.1 Å². The third-order valence-corrected chi connectivity index (χ3v) is 16.5. The van der Waals surface area contributed by atoms with E-state index in [1.807, 2.05) is 13.8 Å². The second-order valence-electron chi connectivity index (χ2n) is 18.0. The van der Waals surface area contributed by atoms with Gasteiger partial charge in [0.2, 0.25) is 19.2 Å². The Morgan fingerprint density at radius 1 is 0.969 bits per heavy atom. The largest absolute Gasteiger partial charge is 0.494 e. The number of hydrogen-bond donors (Lipinski definition) is 4. The summed E-state index contributed by atoms with van der Waals surface area (Å²) < 4.78 is 78.1. The first-order chi connectivity index (χ1) is 31.2. The fourth-order valence-electron chi connectivity index (χ4n) is 9.58. The van der Waals surface area contributed by atoms with Crippen LogP contribution in [0.2, 0.25) is 0 Å². The molecule has 4 N–H and O–H groups in total. The predicted octanol–water partition coefficient (Wildman–Crippen LogP) is 9.04. The molecule has 2 aliphatic carbocycles. The quantitative estimate of drug-likeness (QED) is 0.105. The molecule has 6 atom stereocenters. The van der Waals surface area contributed by atoms with Crippen molar-refractivity contribution < 1.29 is 51.2 Å². The minimum Gasteiger partial charge on any atom is -0.494 e. The molecule has 3 amide bonds. The molecule has 14 nitrogen and oxygen atoms in total. The van der Waals surface area contributed by atoms with E-state index >= 15 is 4.39 Å². The summed E-state index contributed by atoms with van der Waals surface area (Å²) in [5, 5.41) is 9.91. The molecular weight excluding hydrogens is 885 g/mol. The van der Waals surface area contributed by atoms with E-state index < -0.39 is 83.8 Å². The van der Waals surface area contributed by atoms with E-state index in [9.17, 15) is 32.6 Å². The zero-order valence-corrected chi connectivity index (χ0v) is 38.5. The number of carbonyl (C=O) groups excluding carboxylic acids is 3. The summed E-state index contributed by atoms with van der Waals surface area (Å²) in [6.45, 7) is 3.79. The predicted molar refractivity (Wildman–Crippen MR) is 240 cm³/mol. The highest BCUT2D eigenvalue weighted by molar-refractivity contribution is 7.59. The van der Waals surface area contributed by atoms with E-state index in [1.54, 1.807) is 17.5 Å². The molecule has 350 valence electrons. The number of alkyl carbamates (subject to hydrolysis) is 1. The minimum absolute atomic E-state index is 0.0428. The molecule has 8 rings (SSSR count). The van der Waals surface area contributed by atoms with Crippen LogP contribution >= 0.6 is 18.7 Å². The third kappa shape index (κ3) is 10.1. The van der Waals surface area contributed by atoms with E-state index in [0.717, 1.165) is 57.1 Å². The van der Waals surface area contributed by atoms with Gasteiger partial charge in [0, 0.05) is 34.9 Å². The van der Waals surface area contributed by atoms with Gasteiger partial charge >= 0.3 is 6.09 Å². The number of pyridine rings is 1. The Morgan fingerprint density at radius 3 is 2.40 bits per heavy atom. The lowest BCUT2D eigenvalue weighted by molar-refractivity contribution is -0.140. The standard InChI is InChI=1S/C46H56F3N6O8PS/c1-26(2)50-44-52-36(25-65-44)35-21-39(30-18-19-38(61-3)40(49)41(30)51-35)62-29-20-37-42(56)54-46(64(59,60)24-31-32(47)15-11-16-33(31)48)22-27(46)12-7-5-4-6-8-17-34(43(57)55(37)23-29)53-45(58)63-28-13-9-10-14-28/h11,15-16,18-19,21,25-29,34,37H,4-10,12-14,17,20,22-24H2,1-3H3,(H,50,52)(H,53,58)(H,54,56)(H,59,60)/t27-,29-,34+,37+,46+/m1/s1. The van der Waals surface area contributed by atoms with Crippen LogP contribution in [0, 0.1) is 23.4 Å². The molecule has 2 saturated heterocycles. The summed E-state index contributed by atoms with van der Waals surface area (Å²) in [5.41, 5.74) is 0.149. The zero-order valence-electron chi connectivity index (χ0n) is 36.7. The molecule has 2 aliphatic heterocycles. The molecule has 2 aromatic carbocycles.